The zero-order valence-corrected chi connectivity index (χ0v) is 76.2. The van der Waals surface area contributed by atoms with E-state index in [4.69, 9.17) is 39.3 Å². The van der Waals surface area contributed by atoms with E-state index in [1.807, 2.05) is 20.9 Å². The van der Waals surface area contributed by atoms with Crippen LogP contribution in [0.5, 0.6) is 0 Å². The van der Waals surface area contributed by atoms with Gasteiger partial charge in [-0.05, 0) is 242 Å². The summed E-state index contributed by atoms with van der Waals surface area (Å²) >= 11 is 1.42. The standard InChI is InChI=1S/C15H11FN2O.C14H11FN2O3.C14H9FN2O2.C14H13FN2O.C11H16N4OS.C8H6FNO3.C6H6FN.C4H10O3.2C2H6O.CH3F.4CH4.H2NO.Na/c1-10(19)11-2-7-15-14(8-11)17-9-18(15)13-5-3-12(16)4-6-13;1-9(18)10-2-7-13(14(8-10)17(19)20)16-12-5-3-11(15)4-6-12;15-10-2-4-11(5-3-10)17-8-16-12-7-9(14(18)19)1-6-13(12)17;1-9(18)10-2-7-14(13(16)8-10)17-12-5-3-11(15)4-6-12;16-11(10-13-1-6-17-10)15-4-2-14(3-5-15)9-7-12-8-9;1-5(11)6-2-3-7(9)8(4-6)10(12)13;7-5-1-3-6(8)4-2-5;1-5-4(6-2)7-3;2*1-2-3;1-2;;;;;1-2;/h2-9H,1H3;2-8,16H,1H3;1-8H,(H,18,19);2-8,17H,16H2,1H3;1,6,9,12H,2-5,7-8H2;2-4H,1H3;1-4H,8H2;4H,1-3H3;2*3H,2H2,1H3;1H3;4*1H4;1-2H;/q;;;;;;;;;;;;;;;-1;+1/i;;;;;;;;;;1D;;;;;;. The Bertz CT molecular complexity index is 5630. The number of carboxylic acids is 1. The van der Waals surface area contributed by atoms with E-state index in [0.29, 0.717) is 50.4 Å². The molecule has 2 fully saturated rings. The molecule has 13 aromatic rings. The van der Waals surface area contributed by atoms with Gasteiger partial charge in [0.1, 0.15) is 47.4 Å². The van der Waals surface area contributed by atoms with Crippen molar-refractivity contribution in [1.29, 1.82) is 0 Å². The van der Waals surface area contributed by atoms with E-state index in [9.17, 15) is 79.7 Å². The number of nitro benzene ring substituents is 2. The molecule has 136 heavy (non-hydrogen) atoms. The Labute approximate surface area is 811 Å². The maximum absolute atomic E-state index is 12.9. The summed E-state index contributed by atoms with van der Waals surface area (Å²) in [6, 6.07) is 52.4. The van der Waals surface area contributed by atoms with Crippen LogP contribution in [-0.4, -0.2) is 193 Å². The number of amides is 1. The second-order valence-electron chi connectivity index (χ2n) is 26.8. The number of nitrogens with zero attached hydrogens (tertiary/aromatic N) is 9. The summed E-state index contributed by atoms with van der Waals surface area (Å²) in [5.74, 6) is 0.808. The van der Waals surface area contributed by atoms with Gasteiger partial charge in [-0.3, -0.25) is 62.6 Å². The van der Waals surface area contributed by atoms with Crippen molar-refractivity contribution >= 4 is 114 Å². The fourth-order valence-electron chi connectivity index (χ4n) is 11.2. The Hall–Kier alpha value is -13.5. The van der Waals surface area contributed by atoms with Crippen LogP contribution in [0.4, 0.5) is 76.2 Å². The zero-order valence-electron chi connectivity index (χ0n) is 74.4. The van der Waals surface area contributed by atoms with Crippen LogP contribution >= 0.6 is 11.3 Å². The predicted molar refractivity (Wildman–Crippen MR) is 513 cm³/mol. The van der Waals surface area contributed by atoms with Crippen LogP contribution < -0.4 is 57.0 Å². The van der Waals surface area contributed by atoms with Crippen LogP contribution in [0.1, 0.15) is 134 Å². The fraction of sp³-hybridized carbons (Fsp3) is 0.253. The number of nitro groups is 2. The van der Waals surface area contributed by atoms with Gasteiger partial charge in [0.05, 0.1) is 57.4 Å². The molecule has 12 N–H and O–H groups in total. The van der Waals surface area contributed by atoms with E-state index in [1.165, 1.54) is 182 Å². The Kier molecular flexibility index (Phi) is 59.5. The molecule has 1 amide bonds. The number of aliphatic hydroxyl groups excluding tert-OH is 2. The van der Waals surface area contributed by atoms with Crippen LogP contribution in [-0.2, 0) is 14.2 Å². The summed E-state index contributed by atoms with van der Waals surface area (Å²) in [5.41, 5.74) is 19.9. The first-order chi connectivity index (χ1) is 63.1. The van der Waals surface area contributed by atoms with Gasteiger partial charge in [0, 0.05) is 154 Å². The number of nitrogens with one attached hydrogen (secondary N) is 4. The van der Waals surface area contributed by atoms with Crippen LogP contribution in [0.25, 0.3) is 39.3 Å². The quantitative estimate of drug-likeness (QED) is 0.00732. The minimum absolute atomic E-state index is 0. The maximum Gasteiger partial charge on any atom is 1.00 e. The molecule has 15 rings (SSSR count). The van der Waals surface area contributed by atoms with Gasteiger partial charge in [0.15, 0.2) is 28.1 Å². The number of carboxylic acid groups (broad SMARTS) is 1. The van der Waals surface area contributed by atoms with E-state index >= 15 is 0 Å². The largest absolute Gasteiger partial charge is 1.00 e. The number of anilines is 6. The van der Waals surface area contributed by atoms with Gasteiger partial charge in [-0.1, -0.05) is 29.7 Å². The number of imidazole rings is 2. The minimum atomic E-state index is -1.00. The number of rotatable bonds is 18. The van der Waals surface area contributed by atoms with Crippen LogP contribution in [0, 0.1) is 55.1 Å². The molecular formula is C95H115F7N15NaO17S. The second-order valence-corrected chi connectivity index (χ2v) is 27.6. The first-order valence-corrected chi connectivity index (χ1v) is 39.9. The van der Waals surface area contributed by atoms with Gasteiger partial charge < -0.3 is 73.0 Å². The van der Waals surface area contributed by atoms with Gasteiger partial charge in [0.25, 0.3) is 18.1 Å². The number of fused-ring (bicyclic) bond motifs is 2. The van der Waals surface area contributed by atoms with Crippen molar-refractivity contribution in [3.63, 3.8) is 0 Å². The summed E-state index contributed by atoms with van der Waals surface area (Å²) in [5, 5.41) is 63.2. The number of carbonyl (C=O) groups excluding carboxylic acids is 5. The Morgan fingerprint density at radius 3 is 1.22 bits per heavy atom. The number of aliphatic hydroxyl groups is 2. The number of hydrogen-bond acceptors (Lipinski definition) is 26. The molecule has 0 aliphatic carbocycles. The van der Waals surface area contributed by atoms with Crippen molar-refractivity contribution < 1.29 is 135 Å². The molecule has 0 atom stereocenters. The number of Topliss-reactive ketones (excluding diaryl/α,β-unsaturated/α-hetero) is 4. The number of nitrogen functional groups attached to an aromatic ring is 2. The maximum atomic E-state index is 12.9. The van der Waals surface area contributed by atoms with Crippen LogP contribution in [0.2, 0.25) is 0 Å². The average Bonchev–Trinajstić information content (AvgIpc) is 1.66. The van der Waals surface area contributed by atoms with Crippen LogP contribution in [0.3, 0.4) is 0 Å². The summed E-state index contributed by atoms with van der Waals surface area (Å²) in [6.45, 7) is 14.8. The summed E-state index contributed by atoms with van der Waals surface area (Å²) in [4.78, 5) is 104. The van der Waals surface area contributed by atoms with Crippen molar-refractivity contribution in [2.45, 2.75) is 83.8 Å². The number of methoxy groups -OCH3 is 3. The van der Waals surface area contributed by atoms with Crippen molar-refractivity contribution in [3.05, 3.63) is 330 Å². The second kappa shape index (κ2) is 66.0. The molecule has 10 aromatic carbocycles. The molecule has 2 aliphatic rings. The Balaban J connectivity index is 0. The monoisotopic (exact) mass is 1930 g/mol. The number of nitrogens with two attached hydrogens (primary N) is 2. The van der Waals surface area contributed by atoms with Gasteiger partial charge in [-0.15, -0.1) is 11.3 Å². The van der Waals surface area contributed by atoms with Crippen molar-refractivity contribution in [2.75, 3.05) is 103 Å². The van der Waals surface area contributed by atoms with Crippen molar-refractivity contribution in [1.82, 2.24) is 39.2 Å². The number of thiazole rings is 1. The first-order valence-electron chi connectivity index (χ1n) is 39.7. The Morgan fingerprint density at radius 2 is 0.875 bits per heavy atom. The number of piperazine rings is 1. The molecule has 0 spiro atoms. The number of aromatic nitrogens is 5. The smallest absolute Gasteiger partial charge is 0.553 e. The Morgan fingerprint density at radius 1 is 0.529 bits per heavy atom. The number of benzene rings is 10. The minimum Gasteiger partial charge on any atom is -0.553 e. The normalized spacial score (nSPS) is 11.1. The molecule has 0 radical (unpaired) electrons. The third kappa shape index (κ3) is 41.2. The number of carbonyl (C=O) groups is 6. The molecule has 0 bridgehead atoms. The number of ketones is 4. The summed E-state index contributed by atoms with van der Waals surface area (Å²) < 4.78 is 109. The van der Waals surface area contributed by atoms with Gasteiger partial charge >= 0.3 is 41.2 Å². The van der Waals surface area contributed by atoms with E-state index in [0.717, 1.165) is 85.0 Å². The van der Waals surface area contributed by atoms with Gasteiger partial charge in [-0.25, -0.2) is 41.7 Å². The molecule has 2 aliphatic heterocycles. The third-order valence-corrected chi connectivity index (χ3v) is 18.5. The molecule has 0 unspecified atom stereocenters. The fourth-order valence-corrected chi connectivity index (χ4v) is 11.8. The number of aromatic carboxylic acids is 1. The number of halogens is 7. The van der Waals surface area contributed by atoms with E-state index in [2.05, 4.69) is 50.0 Å². The van der Waals surface area contributed by atoms with Crippen molar-refractivity contribution in [2.24, 2.45) is 0 Å². The van der Waals surface area contributed by atoms with Gasteiger partial charge in [-0.2, -0.15) is 4.39 Å². The first kappa shape index (κ1) is 123. The van der Waals surface area contributed by atoms with E-state index in [-0.39, 0.29) is 153 Å². The van der Waals surface area contributed by atoms with E-state index in [1.54, 1.807) is 110 Å². The third-order valence-electron chi connectivity index (χ3n) is 17.8. The SMILES string of the molecule is C.C.C.C.CC(=O)c1ccc(F)c([N+](=O)[O-])c1.CC(=O)c1ccc(Nc2ccc(F)cc2)c(N)c1.CC(=O)c1ccc(Nc2ccc(F)cc2)c([N+](=O)[O-])c1.CC(=O)c1ccc2c(c1)ncn2-c1ccc(F)cc1.CCO.CCO.COC(OC)OC.Nc1ccc(F)cc1.O=C(O)c1ccc2c(c1)ncn2-c1ccc(F)cc1.O=C(c1nccs1)N1CCN(C2CNC2)CC1.[2H]CF.[NH-]O.[Na+]. The van der Waals surface area contributed by atoms with Gasteiger partial charge in [0.2, 0.25) is 5.82 Å². The molecule has 41 heteroatoms. The number of alkyl halides is 1. The molecule has 2 saturated heterocycles. The molecule has 0 saturated carbocycles. The van der Waals surface area contributed by atoms with E-state index < -0.39 is 46.8 Å². The molecular weight excluding hydrogens is 1810 g/mol. The molecule has 728 valence electrons. The average molecular weight is 1930 g/mol. The predicted octanol–water partition coefficient (Wildman–Crippen LogP) is 17.2. The topological polar surface area (TPSA) is 464 Å². The van der Waals surface area contributed by atoms with Crippen LogP contribution in [0.15, 0.2) is 237 Å². The zero-order chi connectivity index (χ0) is 98.1. The number of hydrogen-bond donors (Lipinski definition) is 9. The van der Waals surface area contributed by atoms with Crippen molar-refractivity contribution in [3.8, 4) is 11.4 Å². The molecule has 3 aromatic heterocycles. The number of ether oxygens (including phenoxy) is 3. The summed E-state index contributed by atoms with van der Waals surface area (Å²) in [7, 11) is 3.53. The molecule has 32 nitrogen and oxygen atoms in total. The molecule has 5 heterocycles. The summed E-state index contributed by atoms with van der Waals surface area (Å²) in [6.07, 6.45) is 4.94.